The quantitative estimate of drug-likeness (QED) is 0.231. The zero-order chi connectivity index (χ0) is 12.1. The van der Waals surface area contributed by atoms with Crippen molar-refractivity contribution in [2.75, 3.05) is 19.6 Å². The smallest absolute Gasteiger partial charge is 0.191 e. The largest absolute Gasteiger partial charge is 0.357 e. The fourth-order valence-electron chi connectivity index (χ4n) is 1.33. The predicted octanol–water partition coefficient (Wildman–Crippen LogP) is 3.32. The number of hydrogen-bond acceptors (Lipinski definition) is 1. The van der Waals surface area contributed by atoms with Crippen LogP contribution < -0.4 is 10.6 Å². The minimum absolute atomic E-state index is 0. The number of allylic oxidation sites excluding steroid dienone is 1. The molecule has 0 fully saturated rings. The molecule has 0 aliphatic rings. The van der Waals surface area contributed by atoms with Gasteiger partial charge in [0.05, 0.1) is 0 Å². The molecule has 0 aliphatic heterocycles. The van der Waals surface area contributed by atoms with Crippen LogP contribution in [0.3, 0.4) is 0 Å². The molecule has 102 valence electrons. The van der Waals surface area contributed by atoms with E-state index in [1.807, 2.05) is 6.92 Å². The number of unbranched alkanes of at least 4 members (excludes halogenated alkanes) is 2. The van der Waals surface area contributed by atoms with E-state index in [9.17, 15) is 0 Å². The molecule has 0 rings (SSSR count). The molecule has 0 saturated carbocycles. The number of halogens is 1. The number of nitrogens with one attached hydrogen (secondary N) is 2. The first-order valence-corrected chi connectivity index (χ1v) is 6.48. The Labute approximate surface area is 124 Å². The van der Waals surface area contributed by atoms with E-state index >= 15 is 0 Å². The summed E-state index contributed by atoms with van der Waals surface area (Å²) in [6.07, 6.45) is 8.99. The minimum Gasteiger partial charge on any atom is -0.357 e. The minimum atomic E-state index is 0. The molecule has 0 aromatic carbocycles. The maximum Gasteiger partial charge on any atom is 0.191 e. The molecule has 0 amide bonds. The summed E-state index contributed by atoms with van der Waals surface area (Å²) in [5, 5.41) is 6.57. The molecule has 0 atom stereocenters. The van der Waals surface area contributed by atoms with Crippen LogP contribution in [0.25, 0.3) is 0 Å². The molecule has 4 heteroatoms. The van der Waals surface area contributed by atoms with Gasteiger partial charge in [0.2, 0.25) is 0 Å². The van der Waals surface area contributed by atoms with Crippen molar-refractivity contribution in [2.45, 2.75) is 46.5 Å². The van der Waals surface area contributed by atoms with Gasteiger partial charge in [-0.05, 0) is 26.7 Å². The number of guanidine groups is 1. The van der Waals surface area contributed by atoms with Crippen LogP contribution in [0.2, 0.25) is 0 Å². The summed E-state index contributed by atoms with van der Waals surface area (Å²) < 4.78 is 0. The van der Waals surface area contributed by atoms with Gasteiger partial charge in [-0.25, -0.2) is 0 Å². The van der Waals surface area contributed by atoms with Crippen molar-refractivity contribution in [1.82, 2.24) is 10.6 Å². The fourth-order valence-corrected chi connectivity index (χ4v) is 1.33. The van der Waals surface area contributed by atoms with Gasteiger partial charge in [-0.2, -0.15) is 0 Å². The fraction of sp³-hybridized carbons (Fsp3) is 0.769. The molecular weight excluding hydrogens is 325 g/mol. The van der Waals surface area contributed by atoms with Gasteiger partial charge in [0.25, 0.3) is 0 Å². The van der Waals surface area contributed by atoms with Crippen molar-refractivity contribution in [3.8, 4) is 0 Å². The summed E-state index contributed by atoms with van der Waals surface area (Å²) in [4.78, 5) is 4.52. The monoisotopic (exact) mass is 353 g/mol. The lowest BCUT2D eigenvalue weighted by Gasteiger charge is -2.10. The molecule has 0 bridgehead atoms. The summed E-state index contributed by atoms with van der Waals surface area (Å²) >= 11 is 0. The lowest BCUT2D eigenvalue weighted by atomic mass is 10.2. The zero-order valence-electron chi connectivity index (χ0n) is 11.5. The zero-order valence-corrected chi connectivity index (χ0v) is 13.8. The van der Waals surface area contributed by atoms with Crippen LogP contribution >= 0.6 is 24.0 Å². The van der Waals surface area contributed by atoms with E-state index in [1.54, 1.807) is 0 Å². The van der Waals surface area contributed by atoms with E-state index in [-0.39, 0.29) is 24.0 Å². The van der Waals surface area contributed by atoms with Gasteiger partial charge >= 0.3 is 0 Å². The standard InChI is InChI=1S/C13H27N3.HI/c1-4-7-9-11-15-13(14-6-3)16-12-10-8-5-2;/h4,7H,5-6,8-12H2,1-3H3,(H2,14,15,16);1H/b7-4+;. The Bertz CT molecular complexity index is 203. The van der Waals surface area contributed by atoms with E-state index in [0.29, 0.717) is 0 Å². The second-order valence-corrected chi connectivity index (χ2v) is 3.75. The molecule has 0 heterocycles. The highest BCUT2D eigenvalue weighted by Crippen LogP contribution is 1.93. The molecule has 0 aliphatic carbocycles. The SMILES string of the molecule is C/C=C/CCNC(=NCCCCC)NCC.I. The van der Waals surface area contributed by atoms with Gasteiger partial charge in [0.1, 0.15) is 0 Å². The van der Waals surface area contributed by atoms with Gasteiger partial charge in [-0.15, -0.1) is 24.0 Å². The molecular formula is C13H28IN3. The highest BCUT2D eigenvalue weighted by Gasteiger charge is 1.94. The third-order valence-corrected chi connectivity index (χ3v) is 2.21. The molecule has 0 aromatic heterocycles. The van der Waals surface area contributed by atoms with Crippen LogP contribution in [0.15, 0.2) is 17.1 Å². The number of nitrogens with zero attached hydrogens (tertiary/aromatic N) is 1. The molecule has 0 spiro atoms. The Morgan fingerprint density at radius 3 is 2.53 bits per heavy atom. The van der Waals surface area contributed by atoms with Crippen LogP contribution in [-0.4, -0.2) is 25.6 Å². The van der Waals surface area contributed by atoms with Crippen LogP contribution in [0.4, 0.5) is 0 Å². The second-order valence-electron chi connectivity index (χ2n) is 3.75. The Balaban J connectivity index is 0. The third-order valence-electron chi connectivity index (χ3n) is 2.21. The van der Waals surface area contributed by atoms with Gasteiger partial charge in [-0.3, -0.25) is 4.99 Å². The summed E-state index contributed by atoms with van der Waals surface area (Å²) in [6, 6.07) is 0. The molecule has 0 aromatic rings. The van der Waals surface area contributed by atoms with Crippen molar-refractivity contribution in [3.63, 3.8) is 0 Å². The Kier molecular flexibility index (Phi) is 17.7. The highest BCUT2D eigenvalue weighted by molar-refractivity contribution is 14.0. The van der Waals surface area contributed by atoms with Gasteiger partial charge in [-0.1, -0.05) is 31.9 Å². The summed E-state index contributed by atoms with van der Waals surface area (Å²) in [5.74, 6) is 0.947. The lowest BCUT2D eigenvalue weighted by molar-refractivity contribution is 0.717. The second kappa shape index (κ2) is 15.7. The van der Waals surface area contributed by atoms with Crippen LogP contribution in [0.1, 0.15) is 46.5 Å². The molecule has 3 nitrogen and oxygen atoms in total. The number of aliphatic imine (C=N–C) groups is 1. The summed E-state index contributed by atoms with van der Waals surface area (Å²) in [5.41, 5.74) is 0. The van der Waals surface area contributed by atoms with Crippen molar-refractivity contribution in [3.05, 3.63) is 12.2 Å². The molecule has 2 N–H and O–H groups in total. The molecule has 0 radical (unpaired) electrons. The van der Waals surface area contributed by atoms with Crippen LogP contribution in [0.5, 0.6) is 0 Å². The normalized spacial score (nSPS) is 11.4. The van der Waals surface area contributed by atoms with E-state index < -0.39 is 0 Å². The Morgan fingerprint density at radius 1 is 1.18 bits per heavy atom. The van der Waals surface area contributed by atoms with E-state index in [1.165, 1.54) is 19.3 Å². The van der Waals surface area contributed by atoms with E-state index in [4.69, 9.17) is 0 Å². The first-order valence-electron chi connectivity index (χ1n) is 6.48. The predicted molar refractivity (Wildman–Crippen MR) is 88.4 cm³/mol. The Morgan fingerprint density at radius 2 is 1.94 bits per heavy atom. The number of hydrogen-bond donors (Lipinski definition) is 2. The van der Waals surface area contributed by atoms with Crippen LogP contribution in [0, 0.1) is 0 Å². The number of rotatable bonds is 8. The van der Waals surface area contributed by atoms with Crippen molar-refractivity contribution in [1.29, 1.82) is 0 Å². The lowest BCUT2D eigenvalue weighted by Crippen LogP contribution is -2.37. The molecule has 0 saturated heterocycles. The van der Waals surface area contributed by atoms with Crippen molar-refractivity contribution < 1.29 is 0 Å². The van der Waals surface area contributed by atoms with Gasteiger partial charge < -0.3 is 10.6 Å². The average molecular weight is 353 g/mol. The van der Waals surface area contributed by atoms with Crippen molar-refractivity contribution in [2.24, 2.45) is 4.99 Å². The topological polar surface area (TPSA) is 36.4 Å². The summed E-state index contributed by atoms with van der Waals surface area (Å²) in [6.45, 7) is 9.14. The maximum absolute atomic E-state index is 4.52. The van der Waals surface area contributed by atoms with Crippen molar-refractivity contribution >= 4 is 29.9 Å². The highest BCUT2D eigenvalue weighted by atomic mass is 127. The molecule has 0 unspecified atom stereocenters. The third kappa shape index (κ3) is 13.7. The van der Waals surface area contributed by atoms with Crippen LogP contribution in [-0.2, 0) is 0 Å². The first kappa shape index (κ1) is 19.1. The van der Waals surface area contributed by atoms with E-state index in [2.05, 4.69) is 41.6 Å². The molecule has 17 heavy (non-hydrogen) atoms. The van der Waals surface area contributed by atoms with Gasteiger partial charge in [0.15, 0.2) is 5.96 Å². The van der Waals surface area contributed by atoms with E-state index in [0.717, 1.165) is 32.0 Å². The van der Waals surface area contributed by atoms with Gasteiger partial charge in [0, 0.05) is 19.6 Å². The summed E-state index contributed by atoms with van der Waals surface area (Å²) in [7, 11) is 0. The first-order chi connectivity index (χ1) is 7.85. The average Bonchev–Trinajstić information content (AvgIpc) is 2.30. The maximum atomic E-state index is 4.52. The Hall–Kier alpha value is -0.260.